The van der Waals surface area contributed by atoms with Gasteiger partial charge in [-0.3, -0.25) is 4.79 Å². The number of anilines is 1. The molecule has 0 N–H and O–H groups in total. The first kappa shape index (κ1) is 16.4. The highest BCUT2D eigenvalue weighted by Gasteiger charge is 2.49. The number of nitrogens with zero attached hydrogens (tertiary/aromatic N) is 2. The van der Waals surface area contributed by atoms with Crippen LogP contribution in [0.5, 0.6) is 0 Å². The zero-order valence-corrected chi connectivity index (χ0v) is 13.9. The van der Waals surface area contributed by atoms with Crippen LogP contribution in [0.3, 0.4) is 0 Å². The number of carbonyl (C=O) groups excluding carboxylic acids is 1. The van der Waals surface area contributed by atoms with E-state index >= 15 is 0 Å². The molecular formula is C14H15FN2O4S2. The number of sulfone groups is 1. The second kappa shape index (κ2) is 6.21. The van der Waals surface area contributed by atoms with Crippen LogP contribution in [-0.4, -0.2) is 56.0 Å². The minimum Gasteiger partial charge on any atom is -0.375 e. The molecule has 3 rings (SSSR count). The van der Waals surface area contributed by atoms with E-state index in [0.29, 0.717) is 5.17 Å². The van der Waals surface area contributed by atoms with E-state index in [1.165, 1.54) is 29.8 Å². The highest BCUT2D eigenvalue weighted by Crippen LogP contribution is 2.41. The maximum Gasteiger partial charge on any atom is 0.274 e. The van der Waals surface area contributed by atoms with Crippen molar-refractivity contribution in [2.45, 2.75) is 11.3 Å². The molecule has 2 aliphatic heterocycles. The number of hydrogen-bond acceptors (Lipinski definition) is 5. The van der Waals surface area contributed by atoms with E-state index in [-0.39, 0.29) is 29.0 Å². The monoisotopic (exact) mass is 358 g/mol. The predicted octanol–water partition coefficient (Wildman–Crippen LogP) is 1.07. The molecule has 124 valence electrons. The van der Waals surface area contributed by atoms with E-state index < -0.39 is 27.6 Å². The first-order chi connectivity index (χ1) is 10.9. The van der Waals surface area contributed by atoms with Crippen molar-refractivity contribution in [2.24, 2.45) is 4.99 Å². The molecular weight excluding hydrogens is 343 g/mol. The number of carbonyl (C=O) groups is 1. The molecule has 2 aliphatic rings. The summed E-state index contributed by atoms with van der Waals surface area (Å²) in [6.45, 7) is -0.178. The molecule has 0 saturated carbocycles. The van der Waals surface area contributed by atoms with Crippen LogP contribution in [0.4, 0.5) is 10.1 Å². The number of halogens is 1. The van der Waals surface area contributed by atoms with Crippen LogP contribution >= 0.6 is 11.8 Å². The van der Waals surface area contributed by atoms with Crippen LogP contribution in [0, 0.1) is 5.82 Å². The number of amides is 1. The minimum atomic E-state index is -3.17. The van der Waals surface area contributed by atoms with Crippen LogP contribution < -0.4 is 4.90 Å². The second-order valence-corrected chi connectivity index (χ2v) is 8.70. The van der Waals surface area contributed by atoms with Gasteiger partial charge in [0.25, 0.3) is 5.91 Å². The van der Waals surface area contributed by atoms with E-state index in [0.717, 1.165) is 0 Å². The van der Waals surface area contributed by atoms with Gasteiger partial charge in [-0.05, 0) is 12.1 Å². The molecule has 0 bridgehead atoms. The van der Waals surface area contributed by atoms with Crippen molar-refractivity contribution < 1.29 is 22.3 Å². The zero-order chi connectivity index (χ0) is 16.6. The Morgan fingerprint density at radius 1 is 1.43 bits per heavy atom. The normalized spacial score (nSPS) is 27.4. The fraction of sp³-hybridized carbons (Fsp3) is 0.429. The van der Waals surface area contributed by atoms with Gasteiger partial charge in [0.2, 0.25) is 0 Å². The highest BCUT2D eigenvalue weighted by molar-refractivity contribution is 8.16. The number of hydrogen-bond donors (Lipinski definition) is 0. The molecule has 0 spiro atoms. The highest BCUT2D eigenvalue weighted by atomic mass is 32.2. The topological polar surface area (TPSA) is 76.0 Å². The quantitative estimate of drug-likeness (QED) is 0.805. The Labute approximate surface area is 137 Å². The molecule has 2 saturated heterocycles. The van der Waals surface area contributed by atoms with Gasteiger partial charge in [-0.1, -0.05) is 23.9 Å². The summed E-state index contributed by atoms with van der Waals surface area (Å²) < 4.78 is 42.7. The third-order valence-electron chi connectivity index (χ3n) is 3.67. The van der Waals surface area contributed by atoms with Crippen molar-refractivity contribution in [3.63, 3.8) is 0 Å². The van der Waals surface area contributed by atoms with E-state index in [1.807, 2.05) is 0 Å². The molecule has 2 fully saturated rings. The van der Waals surface area contributed by atoms with Gasteiger partial charge in [-0.25, -0.2) is 12.8 Å². The third-order valence-corrected chi connectivity index (χ3v) is 6.88. The van der Waals surface area contributed by atoms with Crippen molar-refractivity contribution in [2.75, 3.05) is 30.1 Å². The fourth-order valence-corrected chi connectivity index (χ4v) is 6.68. The summed E-state index contributed by atoms with van der Waals surface area (Å²) in [6, 6.07) is 5.65. The van der Waals surface area contributed by atoms with Gasteiger partial charge in [0.1, 0.15) is 12.4 Å². The van der Waals surface area contributed by atoms with Crippen molar-refractivity contribution in [3.8, 4) is 0 Å². The predicted molar refractivity (Wildman–Crippen MR) is 87.0 cm³/mol. The summed E-state index contributed by atoms with van der Waals surface area (Å²) in [5.74, 6) is -1.04. The fourth-order valence-electron chi connectivity index (χ4n) is 2.76. The number of aliphatic imine (C=N–C) groups is 1. The Morgan fingerprint density at radius 2 is 2.17 bits per heavy atom. The maximum atomic E-state index is 14.2. The number of fused-ring (bicyclic) bond motifs is 1. The molecule has 1 amide bonds. The largest absolute Gasteiger partial charge is 0.375 e. The Hall–Kier alpha value is -1.45. The average molecular weight is 358 g/mol. The lowest BCUT2D eigenvalue weighted by molar-refractivity contribution is -0.121. The van der Waals surface area contributed by atoms with Gasteiger partial charge in [-0.15, -0.1) is 0 Å². The number of ether oxygens (including phenoxy) is 1. The number of rotatable bonds is 3. The summed E-state index contributed by atoms with van der Waals surface area (Å²) in [5.41, 5.74) is 0.230. The number of benzene rings is 1. The molecule has 0 aliphatic carbocycles. The minimum absolute atomic E-state index is 0.00474. The Kier molecular flexibility index (Phi) is 4.43. The van der Waals surface area contributed by atoms with Gasteiger partial charge >= 0.3 is 0 Å². The van der Waals surface area contributed by atoms with Crippen LogP contribution in [-0.2, 0) is 19.4 Å². The molecule has 23 heavy (non-hydrogen) atoms. The molecule has 1 aromatic rings. The van der Waals surface area contributed by atoms with E-state index in [2.05, 4.69) is 4.99 Å². The Bertz CT molecular complexity index is 766. The van der Waals surface area contributed by atoms with Crippen molar-refractivity contribution in [3.05, 3.63) is 30.1 Å². The maximum absolute atomic E-state index is 14.2. The van der Waals surface area contributed by atoms with E-state index in [9.17, 15) is 17.6 Å². The molecule has 6 nitrogen and oxygen atoms in total. The first-order valence-electron chi connectivity index (χ1n) is 6.92. The summed E-state index contributed by atoms with van der Waals surface area (Å²) in [7, 11) is -1.79. The lowest BCUT2D eigenvalue weighted by Crippen LogP contribution is -2.38. The molecule has 0 aromatic heterocycles. The van der Waals surface area contributed by atoms with Crippen molar-refractivity contribution >= 4 is 38.4 Å². The molecule has 0 radical (unpaired) electrons. The molecule has 2 atom stereocenters. The van der Waals surface area contributed by atoms with Crippen LogP contribution in [0.25, 0.3) is 0 Å². The van der Waals surface area contributed by atoms with Crippen LogP contribution in [0.15, 0.2) is 29.3 Å². The van der Waals surface area contributed by atoms with Gasteiger partial charge in [-0.2, -0.15) is 4.99 Å². The Morgan fingerprint density at radius 3 is 2.87 bits per heavy atom. The lowest BCUT2D eigenvalue weighted by Gasteiger charge is -2.24. The Balaban J connectivity index is 2.01. The van der Waals surface area contributed by atoms with Crippen LogP contribution in [0.1, 0.15) is 0 Å². The van der Waals surface area contributed by atoms with Gasteiger partial charge in [0, 0.05) is 12.4 Å². The molecule has 1 aromatic carbocycles. The summed E-state index contributed by atoms with van der Waals surface area (Å²) in [4.78, 5) is 17.2. The number of thioether (sulfide) groups is 1. The van der Waals surface area contributed by atoms with E-state index in [4.69, 9.17) is 4.74 Å². The van der Waals surface area contributed by atoms with Gasteiger partial charge in [0.15, 0.2) is 15.0 Å². The van der Waals surface area contributed by atoms with E-state index in [1.54, 1.807) is 18.2 Å². The van der Waals surface area contributed by atoms with Crippen LogP contribution in [0.2, 0.25) is 0 Å². The lowest BCUT2D eigenvalue weighted by atomic mass is 10.2. The smallest absolute Gasteiger partial charge is 0.274 e. The second-order valence-electron chi connectivity index (χ2n) is 5.34. The summed E-state index contributed by atoms with van der Waals surface area (Å²) >= 11 is 1.20. The molecule has 9 heteroatoms. The SMILES string of the molecule is COCC(=O)N=C1S[C@@H]2CS(=O)(=O)C[C@@H]2N1c1ccccc1F. The summed E-state index contributed by atoms with van der Waals surface area (Å²) in [6.07, 6.45) is 0. The van der Waals surface area contributed by atoms with Gasteiger partial charge < -0.3 is 9.64 Å². The summed E-state index contributed by atoms with van der Waals surface area (Å²) in [5, 5.41) is 0.0655. The number of methoxy groups -OCH3 is 1. The van der Waals surface area contributed by atoms with Gasteiger partial charge in [0.05, 0.1) is 23.2 Å². The number of amidine groups is 1. The first-order valence-corrected chi connectivity index (χ1v) is 9.62. The van der Waals surface area contributed by atoms with Crippen molar-refractivity contribution in [1.29, 1.82) is 0 Å². The number of para-hydroxylation sites is 1. The molecule has 0 unspecified atom stereocenters. The average Bonchev–Trinajstić information content (AvgIpc) is 2.91. The molecule has 2 heterocycles. The zero-order valence-electron chi connectivity index (χ0n) is 12.3. The third kappa shape index (κ3) is 3.26. The van der Waals surface area contributed by atoms with Crippen molar-refractivity contribution in [1.82, 2.24) is 0 Å². The standard InChI is InChI=1S/C14H15FN2O4S2/c1-21-6-13(18)16-14-17(10-5-3-2-4-9(10)15)11-7-23(19,20)8-12(11)22-14/h2-5,11-12H,6-8H2,1H3/t11-,12+/m0/s1.